The molecule has 0 spiro atoms. The highest BCUT2D eigenvalue weighted by Gasteiger charge is 2.19. The van der Waals surface area contributed by atoms with Crippen LogP contribution in [0.25, 0.3) is 0 Å². The smallest absolute Gasteiger partial charge is 0.263 e. The van der Waals surface area contributed by atoms with Crippen molar-refractivity contribution in [1.82, 2.24) is 15.6 Å². The average Bonchev–Trinajstić information content (AvgIpc) is 2.65. The molecule has 0 saturated heterocycles. The summed E-state index contributed by atoms with van der Waals surface area (Å²) in [6, 6.07) is -0.577. The molecule has 18 heavy (non-hydrogen) atoms. The maximum Gasteiger partial charge on any atom is 0.263 e. The number of thiazole rings is 1. The Morgan fingerprint density at radius 2 is 2.17 bits per heavy atom. The van der Waals surface area contributed by atoms with Crippen molar-refractivity contribution in [2.24, 2.45) is 0 Å². The Hall–Kier alpha value is -1.63. The van der Waals surface area contributed by atoms with Gasteiger partial charge in [0.2, 0.25) is 5.91 Å². The van der Waals surface area contributed by atoms with Gasteiger partial charge in [0.15, 0.2) is 5.13 Å². The molecular weight excluding hydrogens is 252 g/mol. The molecule has 1 rings (SSSR count). The Morgan fingerprint density at radius 3 is 2.67 bits per heavy atom. The number of hydrogen-bond acceptors (Lipinski definition) is 5. The van der Waals surface area contributed by atoms with E-state index in [1.807, 2.05) is 6.92 Å². The molecule has 1 unspecified atom stereocenters. The standard InChI is InChI=1S/C11H18N4O2S/c1-4-5-13-9(16)7(3)14-10(17)8-6(2)15-11(12)18-8/h7H,4-5H2,1-3H3,(H2,12,15)(H,13,16)(H,14,17). The Morgan fingerprint density at radius 1 is 1.50 bits per heavy atom. The molecule has 100 valence electrons. The number of rotatable bonds is 5. The van der Waals surface area contributed by atoms with E-state index in [0.717, 1.165) is 17.8 Å². The summed E-state index contributed by atoms with van der Waals surface area (Å²) in [5, 5.41) is 5.69. The molecule has 7 heteroatoms. The van der Waals surface area contributed by atoms with Crippen LogP contribution in [0.3, 0.4) is 0 Å². The number of hydrogen-bond donors (Lipinski definition) is 3. The van der Waals surface area contributed by atoms with Crippen molar-refractivity contribution in [3.8, 4) is 0 Å². The second-order valence-corrected chi connectivity index (χ2v) is 4.98. The van der Waals surface area contributed by atoms with Crippen molar-refractivity contribution in [2.75, 3.05) is 12.3 Å². The lowest BCUT2D eigenvalue weighted by Gasteiger charge is -2.13. The van der Waals surface area contributed by atoms with Gasteiger partial charge in [-0.25, -0.2) is 4.98 Å². The Kier molecular flexibility index (Phi) is 5.08. The zero-order chi connectivity index (χ0) is 13.7. The van der Waals surface area contributed by atoms with E-state index in [-0.39, 0.29) is 11.8 Å². The highest BCUT2D eigenvalue weighted by atomic mass is 32.1. The van der Waals surface area contributed by atoms with E-state index < -0.39 is 6.04 Å². The summed E-state index contributed by atoms with van der Waals surface area (Å²) in [5.74, 6) is -0.513. The Balaban J connectivity index is 2.59. The summed E-state index contributed by atoms with van der Waals surface area (Å²) in [5.41, 5.74) is 6.10. The molecular formula is C11H18N4O2S. The number of carbonyl (C=O) groups is 2. The fraction of sp³-hybridized carbons (Fsp3) is 0.545. The molecule has 0 aliphatic heterocycles. The summed E-state index contributed by atoms with van der Waals surface area (Å²) in [7, 11) is 0. The van der Waals surface area contributed by atoms with E-state index in [0.29, 0.717) is 22.2 Å². The third-order valence-corrected chi connectivity index (χ3v) is 3.29. The van der Waals surface area contributed by atoms with E-state index in [2.05, 4.69) is 15.6 Å². The number of nitrogen functional groups attached to an aromatic ring is 1. The second-order valence-electron chi connectivity index (χ2n) is 3.95. The van der Waals surface area contributed by atoms with Crippen LogP contribution in [-0.4, -0.2) is 29.4 Å². The first-order valence-corrected chi connectivity index (χ1v) is 6.58. The van der Waals surface area contributed by atoms with E-state index in [9.17, 15) is 9.59 Å². The van der Waals surface area contributed by atoms with Gasteiger partial charge in [0.05, 0.1) is 5.69 Å². The summed E-state index contributed by atoms with van der Waals surface area (Å²) in [6.07, 6.45) is 0.858. The van der Waals surface area contributed by atoms with Gasteiger partial charge in [-0.05, 0) is 20.3 Å². The first-order chi connectivity index (χ1) is 8.45. The van der Waals surface area contributed by atoms with Crippen LogP contribution in [0.5, 0.6) is 0 Å². The van der Waals surface area contributed by atoms with Crippen molar-refractivity contribution < 1.29 is 9.59 Å². The van der Waals surface area contributed by atoms with E-state index in [1.165, 1.54) is 0 Å². The van der Waals surface area contributed by atoms with Crippen molar-refractivity contribution in [2.45, 2.75) is 33.2 Å². The second kappa shape index (κ2) is 6.34. The third-order valence-electron chi connectivity index (χ3n) is 2.31. The maximum atomic E-state index is 11.9. The average molecular weight is 270 g/mol. The normalized spacial score (nSPS) is 11.9. The van der Waals surface area contributed by atoms with Crippen LogP contribution in [0, 0.1) is 6.92 Å². The lowest BCUT2D eigenvalue weighted by atomic mass is 10.3. The SMILES string of the molecule is CCCNC(=O)C(C)NC(=O)c1sc(N)nc1C. The van der Waals surface area contributed by atoms with E-state index >= 15 is 0 Å². The minimum absolute atomic E-state index is 0.194. The highest BCUT2D eigenvalue weighted by Crippen LogP contribution is 2.19. The first-order valence-electron chi connectivity index (χ1n) is 5.77. The van der Waals surface area contributed by atoms with E-state index in [4.69, 9.17) is 5.73 Å². The minimum atomic E-state index is -0.577. The van der Waals surface area contributed by atoms with Crippen LogP contribution in [0.1, 0.15) is 35.6 Å². The molecule has 0 radical (unpaired) electrons. The molecule has 1 aromatic rings. The number of nitrogens with zero attached hydrogens (tertiary/aromatic N) is 1. The van der Waals surface area contributed by atoms with Crippen molar-refractivity contribution in [1.29, 1.82) is 0 Å². The molecule has 4 N–H and O–H groups in total. The molecule has 1 atom stereocenters. The lowest BCUT2D eigenvalue weighted by molar-refractivity contribution is -0.122. The van der Waals surface area contributed by atoms with Gasteiger partial charge < -0.3 is 16.4 Å². The van der Waals surface area contributed by atoms with Crippen LogP contribution in [0.2, 0.25) is 0 Å². The largest absolute Gasteiger partial charge is 0.375 e. The summed E-state index contributed by atoms with van der Waals surface area (Å²) in [6.45, 7) is 5.92. The van der Waals surface area contributed by atoms with Crippen LogP contribution in [-0.2, 0) is 4.79 Å². The molecule has 2 amide bonds. The maximum absolute atomic E-state index is 11.9. The summed E-state index contributed by atoms with van der Waals surface area (Å²) < 4.78 is 0. The summed E-state index contributed by atoms with van der Waals surface area (Å²) in [4.78, 5) is 27.9. The van der Waals surface area contributed by atoms with Crippen LogP contribution in [0.4, 0.5) is 5.13 Å². The first kappa shape index (κ1) is 14.4. The number of amides is 2. The van der Waals surface area contributed by atoms with Crippen molar-refractivity contribution in [3.05, 3.63) is 10.6 Å². The number of aryl methyl sites for hydroxylation is 1. The number of carbonyl (C=O) groups excluding carboxylic acids is 2. The van der Waals surface area contributed by atoms with Gasteiger partial charge in [-0.15, -0.1) is 0 Å². The topological polar surface area (TPSA) is 97.1 Å². The third kappa shape index (κ3) is 3.69. The quantitative estimate of drug-likeness (QED) is 0.733. The van der Waals surface area contributed by atoms with Crippen LogP contribution < -0.4 is 16.4 Å². The van der Waals surface area contributed by atoms with Gasteiger partial charge in [0.25, 0.3) is 5.91 Å². The van der Waals surface area contributed by atoms with Gasteiger partial charge in [0.1, 0.15) is 10.9 Å². The van der Waals surface area contributed by atoms with E-state index in [1.54, 1.807) is 13.8 Å². The minimum Gasteiger partial charge on any atom is -0.375 e. The molecule has 1 heterocycles. The van der Waals surface area contributed by atoms with Crippen LogP contribution >= 0.6 is 11.3 Å². The Labute approximate surface area is 110 Å². The fourth-order valence-corrected chi connectivity index (χ4v) is 2.09. The number of nitrogens with two attached hydrogens (primary N) is 1. The van der Waals surface area contributed by atoms with Crippen LogP contribution in [0.15, 0.2) is 0 Å². The molecule has 0 bridgehead atoms. The molecule has 0 aliphatic rings. The predicted molar refractivity (Wildman–Crippen MR) is 71.5 cm³/mol. The van der Waals surface area contributed by atoms with Gasteiger partial charge in [-0.3, -0.25) is 9.59 Å². The highest BCUT2D eigenvalue weighted by molar-refractivity contribution is 7.17. The van der Waals surface area contributed by atoms with Gasteiger partial charge in [-0.1, -0.05) is 18.3 Å². The van der Waals surface area contributed by atoms with Gasteiger partial charge in [0, 0.05) is 6.54 Å². The number of nitrogens with one attached hydrogen (secondary N) is 2. The van der Waals surface area contributed by atoms with Crippen molar-refractivity contribution >= 4 is 28.3 Å². The lowest BCUT2D eigenvalue weighted by Crippen LogP contribution is -2.44. The number of anilines is 1. The monoisotopic (exact) mass is 270 g/mol. The molecule has 1 aromatic heterocycles. The zero-order valence-corrected chi connectivity index (χ0v) is 11.6. The zero-order valence-electron chi connectivity index (χ0n) is 10.7. The molecule has 6 nitrogen and oxygen atoms in total. The number of aromatic nitrogens is 1. The molecule has 0 aromatic carbocycles. The Bertz CT molecular complexity index is 444. The van der Waals surface area contributed by atoms with Crippen molar-refractivity contribution in [3.63, 3.8) is 0 Å². The fourth-order valence-electron chi connectivity index (χ4n) is 1.36. The molecule has 0 saturated carbocycles. The van der Waals surface area contributed by atoms with Gasteiger partial charge >= 0.3 is 0 Å². The summed E-state index contributed by atoms with van der Waals surface area (Å²) >= 11 is 1.12. The molecule has 0 fully saturated rings. The molecule has 0 aliphatic carbocycles. The predicted octanol–water partition coefficient (Wildman–Crippen LogP) is 0.678. The van der Waals surface area contributed by atoms with Gasteiger partial charge in [-0.2, -0.15) is 0 Å².